The fourth-order valence-corrected chi connectivity index (χ4v) is 5.34. The number of rotatable bonds is 8. The summed E-state index contributed by atoms with van der Waals surface area (Å²) in [5.41, 5.74) is 1.96. The van der Waals surface area contributed by atoms with Crippen LogP contribution < -0.4 is 0 Å². The number of phenols is 2. The van der Waals surface area contributed by atoms with Crippen molar-refractivity contribution in [2.75, 3.05) is 0 Å². The first-order valence-corrected chi connectivity index (χ1v) is 15.4. The number of hydrogen-bond acceptors (Lipinski definition) is 11. The Balaban J connectivity index is 1.39. The summed E-state index contributed by atoms with van der Waals surface area (Å²) in [6.07, 6.45) is 0. The summed E-state index contributed by atoms with van der Waals surface area (Å²) in [5.74, 6) is -2.58. The van der Waals surface area contributed by atoms with E-state index in [0.29, 0.717) is 11.4 Å². The van der Waals surface area contributed by atoms with Gasteiger partial charge in [0.1, 0.15) is 21.9 Å². The zero-order valence-corrected chi connectivity index (χ0v) is 24.2. The standard InChI is InChI=1S/C29H20N4O10S2/c34-25-12-9-21(15-24(25)29(36)37)32-30-19-5-1-16(2-6-19)17-3-7-20(8-4-17)31-33-27-23-11-10-22(44(38,39)40)13-18(23)14-26(28(27)35)45(41,42)43/h1-15,34-35H,(H,36,37)(H,38,39,40)(H,41,42,43). The van der Waals surface area contributed by atoms with Crippen LogP contribution in [0.15, 0.2) is 121 Å². The number of carboxylic acid groups (broad SMARTS) is 1. The molecule has 0 unspecified atom stereocenters. The monoisotopic (exact) mass is 648 g/mol. The third-order valence-corrected chi connectivity index (χ3v) is 8.14. The van der Waals surface area contributed by atoms with Crippen molar-refractivity contribution in [1.29, 1.82) is 0 Å². The highest BCUT2D eigenvalue weighted by Gasteiger charge is 2.23. The molecule has 0 bridgehead atoms. The molecular formula is C29H20N4O10S2. The third kappa shape index (κ3) is 6.84. The molecule has 0 amide bonds. The van der Waals surface area contributed by atoms with E-state index in [0.717, 1.165) is 29.3 Å². The Hall–Kier alpha value is -5.55. The molecule has 228 valence electrons. The van der Waals surface area contributed by atoms with Crippen LogP contribution in [-0.2, 0) is 20.2 Å². The zero-order valence-electron chi connectivity index (χ0n) is 22.5. The number of carboxylic acids is 1. The maximum Gasteiger partial charge on any atom is 0.339 e. The molecule has 5 rings (SSSR count). The van der Waals surface area contributed by atoms with E-state index in [1.54, 1.807) is 48.5 Å². The molecule has 5 aromatic carbocycles. The number of nitrogens with zero attached hydrogens (tertiary/aromatic N) is 4. The summed E-state index contributed by atoms with van der Waals surface area (Å²) in [7, 11) is -9.58. The van der Waals surface area contributed by atoms with Crippen LogP contribution in [0.25, 0.3) is 21.9 Å². The van der Waals surface area contributed by atoms with Gasteiger partial charge in [-0.2, -0.15) is 32.2 Å². The second kappa shape index (κ2) is 11.9. The predicted octanol–water partition coefficient (Wildman–Crippen LogP) is 6.94. The molecule has 14 nitrogen and oxygen atoms in total. The molecule has 0 aromatic heterocycles. The average Bonchev–Trinajstić information content (AvgIpc) is 2.99. The normalized spacial score (nSPS) is 12.3. The van der Waals surface area contributed by atoms with Crippen LogP contribution in [0, 0.1) is 0 Å². The van der Waals surface area contributed by atoms with Gasteiger partial charge >= 0.3 is 5.97 Å². The molecule has 0 aliphatic carbocycles. The van der Waals surface area contributed by atoms with Gasteiger partial charge in [-0.25, -0.2) is 4.79 Å². The minimum atomic E-state index is -4.95. The van der Waals surface area contributed by atoms with Gasteiger partial charge in [-0.15, -0.1) is 5.11 Å². The minimum absolute atomic E-state index is 0.0593. The van der Waals surface area contributed by atoms with E-state index in [1.807, 2.05) is 0 Å². The van der Waals surface area contributed by atoms with E-state index in [9.17, 15) is 40.9 Å². The SMILES string of the molecule is O=C(O)c1cc(N=Nc2ccc(-c3ccc(N=Nc4c(O)c(S(=O)(=O)O)cc5cc(S(=O)(=O)O)ccc45)cc3)cc2)ccc1O. The van der Waals surface area contributed by atoms with E-state index in [4.69, 9.17) is 5.11 Å². The lowest BCUT2D eigenvalue weighted by molar-refractivity contribution is 0.0693. The van der Waals surface area contributed by atoms with Crippen LogP contribution in [0.2, 0.25) is 0 Å². The lowest BCUT2D eigenvalue weighted by Gasteiger charge is -2.09. The third-order valence-electron chi connectivity index (χ3n) is 6.42. The molecule has 0 atom stereocenters. The van der Waals surface area contributed by atoms with Crippen molar-refractivity contribution in [3.05, 3.63) is 96.6 Å². The number of fused-ring (bicyclic) bond motifs is 1. The Bertz CT molecular complexity index is 2250. The first kappa shape index (κ1) is 30.9. The number of benzene rings is 5. The minimum Gasteiger partial charge on any atom is -0.507 e. The number of azo groups is 2. The van der Waals surface area contributed by atoms with Crippen LogP contribution in [0.3, 0.4) is 0 Å². The van der Waals surface area contributed by atoms with Crippen molar-refractivity contribution >= 4 is 59.7 Å². The van der Waals surface area contributed by atoms with Crippen molar-refractivity contribution in [2.24, 2.45) is 20.5 Å². The molecule has 0 aliphatic heterocycles. The van der Waals surface area contributed by atoms with Crippen molar-refractivity contribution in [1.82, 2.24) is 0 Å². The smallest absolute Gasteiger partial charge is 0.339 e. The van der Waals surface area contributed by atoms with Gasteiger partial charge in [-0.05, 0) is 77.2 Å². The zero-order chi connectivity index (χ0) is 32.5. The molecule has 5 N–H and O–H groups in total. The second-order valence-corrected chi connectivity index (χ2v) is 12.2. The predicted molar refractivity (Wildman–Crippen MR) is 161 cm³/mol. The molecule has 0 heterocycles. The molecule has 0 saturated heterocycles. The van der Waals surface area contributed by atoms with Crippen molar-refractivity contribution < 1.29 is 46.1 Å². The second-order valence-electron chi connectivity index (χ2n) is 9.41. The number of aromatic hydroxyl groups is 2. The summed E-state index contributed by atoms with van der Waals surface area (Å²) in [5, 5.41) is 45.5. The Morgan fingerprint density at radius 2 is 1.13 bits per heavy atom. The molecule has 45 heavy (non-hydrogen) atoms. The molecule has 0 fully saturated rings. The first-order chi connectivity index (χ1) is 21.2. The van der Waals surface area contributed by atoms with Gasteiger partial charge in [0.05, 0.1) is 22.0 Å². The van der Waals surface area contributed by atoms with E-state index < -0.39 is 41.7 Å². The lowest BCUT2D eigenvalue weighted by atomic mass is 10.1. The van der Waals surface area contributed by atoms with Gasteiger partial charge in [0, 0.05) is 5.39 Å². The highest BCUT2D eigenvalue weighted by Crippen LogP contribution is 2.42. The molecule has 5 aromatic rings. The van der Waals surface area contributed by atoms with Crippen molar-refractivity contribution in [2.45, 2.75) is 9.79 Å². The molecular weight excluding hydrogens is 628 g/mol. The van der Waals surface area contributed by atoms with Gasteiger partial charge in [0.25, 0.3) is 20.2 Å². The van der Waals surface area contributed by atoms with Crippen LogP contribution in [0.1, 0.15) is 10.4 Å². The van der Waals surface area contributed by atoms with E-state index >= 15 is 0 Å². The number of hydrogen-bond donors (Lipinski definition) is 5. The number of aromatic carboxylic acids is 1. The van der Waals surface area contributed by atoms with Gasteiger partial charge in [0.15, 0.2) is 5.75 Å². The summed E-state index contributed by atoms with van der Waals surface area (Å²) in [6.45, 7) is 0. The summed E-state index contributed by atoms with van der Waals surface area (Å²) in [4.78, 5) is 9.71. The van der Waals surface area contributed by atoms with Crippen LogP contribution >= 0.6 is 0 Å². The molecule has 16 heteroatoms. The molecule has 0 spiro atoms. The Morgan fingerprint density at radius 3 is 1.67 bits per heavy atom. The first-order valence-electron chi connectivity index (χ1n) is 12.6. The van der Waals surface area contributed by atoms with Crippen LogP contribution in [0.5, 0.6) is 11.5 Å². The molecule has 0 saturated carbocycles. The van der Waals surface area contributed by atoms with Crippen molar-refractivity contribution in [3.63, 3.8) is 0 Å². The molecule has 0 aliphatic rings. The highest BCUT2D eigenvalue weighted by molar-refractivity contribution is 7.86. The fraction of sp³-hybridized carbons (Fsp3) is 0. The van der Waals surface area contributed by atoms with Gasteiger partial charge in [0.2, 0.25) is 0 Å². The molecule has 0 radical (unpaired) electrons. The Morgan fingerprint density at radius 1 is 0.600 bits per heavy atom. The largest absolute Gasteiger partial charge is 0.507 e. The summed E-state index contributed by atoms with van der Waals surface area (Å²) < 4.78 is 65.8. The van der Waals surface area contributed by atoms with Crippen LogP contribution in [0.4, 0.5) is 22.7 Å². The van der Waals surface area contributed by atoms with Gasteiger partial charge < -0.3 is 15.3 Å². The maximum absolute atomic E-state index is 11.9. The van der Waals surface area contributed by atoms with E-state index in [2.05, 4.69) is 20.5 Å². The Labute approximate surface area is 254 Å². The quantitative estimate of drug-likeness (QED) is 0.0857. The summed E-state index contributed by atoms with van der Waals surface area (Å²) in [6, 6.07) is 21.4. The average molecular weight is 649 g/mol. The van der Waals surface area contributed by atoms with E-state index in [-0.39, 0.29) is 33.5 Å². The van der Waals surface area contributed by atoms with E-state index in [1.165, 1.54) is 24.3 Å². The topological polar surface area (TPSA) is 236 Å². The number of phenolic OH excluding ortho intramolecular Hbond substituents is 1. The van der Waals surface area contributed by atoms with Crippen molar-refractivity contribution in [3.8, 4) is 22.6 Å². The number of carbonyl (C=O) groups is 1. The summed E-state index contributed by atoms with van der Waals surface area (Å²) >= 11 is 0. The van der Waals surface area contributed by atoms with Crippen LogP contribution in [-0.4, -0.2) is 47.2 Å². The van der Waals surface area contributed by atoms with Gasteiger partial charge in [-0.3, -0.25) is 9.11 Å². The fourth-order valence-electron chi connectivity index (χ4n) is 4.21. The van der Waals surface area contributed by atoms with Gasteiger partial charge in [-0.1, -0.05) is 30.3 Å². The lowest BCUT2D eigenvalue weighted by Crippen LogP contribution is -2.00. The maximum atomic E-state index is 11.9. The Kier molecular flexibility index (Phi) is 8.14. The highest BCUT2D eigenvalue weighted by atomic mass is 32.2.